The minimum atomic E-state index is -2.42. The molecule has 0 atom stereocenters. The van der Waals surface area contributed by atoms with Crippen molar-refractivity contribution in [2.24, 2.45) is 0 Å². The van der Waals surface area contributed by atoms with Gasteiger partial charge in [-0.2, -0.15) is 0 Å². The van der Waals surface area contributed by atoms with Crippen LogP contribution >= 0.6 is 0 Å². The first-order valence-corrected chi connectivity index (χ1v) is 5.15. The van der Waals surface area contributed by atoms with E-state index >= 15 is 0 Å². The zero-order valence-electron chi connectivity index (χ0n) is 6.99. The molecule has 0 saturated heterocycles. The third-order valence-electron chi connectivity index (χ3n) is 1.66. The zero-order chi connectivity index (χ0) is 8.97. The average molecular weight is 184 g/mol. The van der Waals surface area contributed by atoms with Crippen LogP contribution in [0.3, 0.4) is 0 Å². The second kappa shape index (κ2) is 4.26. The molecular weight excluding hydrogens is 172 g/mol. The Kier molecular flexibility index (Phi) is 3.29. The summed E-state index contributed by atoms with van der Waals surface area (Å²) in [4.78, 5) is 0.413. The van der Waals surface area contributed by atoms with Gasteiger partial charge in [-0.05, 0) is 24.1 Å². The molecule has 12 heavy (non-hydrogen) atoms. The van der Waals surface area contributed by atoms with Crippen molar-refractivity contribution >= 4 is 10.7 Å². The molecule has 0 aliphatic carbocycles. The molecule has 0 radical (unpaired) electrons. The first kappa shape index (κ1) is 9.26. The van der Waals surface area contributed by atoms with Gasteiger partial charge in [-0.15, -0.1) is 0 Å². The molecule has 1 rings (SSSR count). The van der Waals surface area contributed by atoms with Crippen LogP contribution in [0.4, 0.5) is 0 Å². The molecular formula is C9H12O2S. The molecule has 0 aliphatic rings. The van der Waals surface area contributed by atoms with Crippen molar-refractivity contribution in [1.29, 1.82) is 0 Å². The third kappa shape index (κ3) is 2.34. The summed E-state index contributed by atoms with van der Waals surface area (Å²) in [6.45, 7) is 2.07. The third-order valence-corrected chi connectivity index (χ3v) is 2.36. The first-order valence-electron chi connectivity index (χ1n) is 3.97. The highest BCUT2D eigenvalue weighted by Gasteiger charge is 1.95. The predicted octanol–water partition coefficient (Wildman–Crippen LogP) is 1.61. The quantitative estimate of drug-likeness (QED) is 0.724. The molecule has 0 aromatic heterocycles. The minimum Gasteiger partial charge on any atom is -0.227 e. The lowest BCUT2D eigenvalue weighted by Gasteiger charge is -1.97. The van der Waals surface area contributed by atoms with E-state index < -0.39 is 10.7 Å². The number of aryl methyl sites for hydroxylation is 1. The van der Waals surface area contributed by atoms with E-state index in [4.69, 9.17) is 0 Å². The van der Waals surface area contributed by atoms with Crippen molar-refractivity contribution in [2.75, 3.05) is 0 Å². The van der Waals surface area contributed by atoms with Crippen LogP contribution in [0.15, 0.2) is 29.2 Å². The van der Waals surface area contributed by atoms with Crippen molar-refractivity contribution in [1.82, 2.24) is 0 Å². The van der Waals surface area contributed by atoms with E-state index in [-0.39, 0.29) is 0 Å². The molecule has 1 aromatic carbocycles. The maximum atomic E-state index is 10.6. The Morgan fingerprint density at radius 3 is 2.67 bits per heavy atom. The summed E-state index contributed by atoms with van der Waals surface area (Å²) in [6.07, 6.45) is 1.98. The summed E-state index contributed by atoms with van der Waals surface area (Å²) in [5, 5.41) is 0. The molecule has 0 unspecified atom stereocenters. The van der Waals surface area contributed by atoms with Gasteiger partial charge < -0.3 is 0 Å². The summed E-state index contributed by atoms with van der Waals surface area (Å²) in [7, 11) is -2.42. The smallest absolute Gasteiger partial charge is 0.168 e. The molecule has 0 bridgehead atoms. The van der Waals surface area contributed by atoms with E-state index in [2.05, 4.69) is 6.92 Å². The van der Waals surface area contributed by atoms with Gasteiger partial charge in [0.2, 0.25) is 0 Å². The largest absolute Gasteiger partial charge is 0.227 e. The SMILES string of the molecule is CCCc1cccc([SH](=O)=O)c1. The minimum absolute atomic E-state index is 0.413. The number of thiol groups is 1. The zero-order valence-corrected chi connectivity index (χ0v) is 7.88. The monoisotopic (exact) mass is 184 g/mol. The van der Waals surface area contributed by atoms with Gasteiger partial charge in [-0.1, -0.05) is 25.5 Å². The molecule has 0 aliphatic heterocycles. The highest BCUT2D eigenvalue weighted by molar-refractivity contribution is 7.72. The van der Waals surface area contributed by atoms with Crippen LogP contribution in [0, 0.1) is 0 Å². The van der Waals surface area contributed by atoms with Crippen LogP contribution in [0.5, 0.6) is 0 Å². The Morgan fingerprint density at radius 2 is 2.08 bits per heavy atom. The van der Waals surface area contributed by atoms with Gasteiger partial charge in [-0.3, -0.25) is 0 Å². The van der Waals surface area contributed by atoms with Crippen molar-refractivity contribution in [2.45, 2.75) is 24.7 Å². The Labute approximate surface area is 74.2 Å². The molecule has 0 heterocycles. The standard InChI is InChI=1S/C9H12O2S/c1-2-4-8-5-3-6-9(7-8)12(10)11/h3,5-7,12H,2,4H2,1H3. The van der Waals surface area contributed by atoms with Crippen LogP contribution in [-0.4, -0.2) is 8.42 Å². The van der Waals surface area contributed by atoms with Gasteiger partial charge in [0.05, 0.1) is 4.90 Å². The Bertz CT molecular complexity index is 321. The van der Waals surface area contributed by atoms with E-state index in [1.165, 1.54) is 0 Å². The van der Waals surface area contributed by atoms with Crippen molar-refractivity contribution < 1.29 is 8.42 Å². The lowest BCUT2D eigenvalue weighted by Crippen LogP contribution is -1.85. The number of hydrogen-bond acceptors (Lipinski definition) is 2. The normalized spacial score (nSPS) is 10.5. The van der Waals surface area contributed by atoms with Crippen LogP contribution in [0.25, 0.3) is 0 Å². The van der Waals surface area contributed by atoms with Gasteiger partial charge in [-0.25, -0.2) is 8.42 Å². The van der Waals surface area contributed by atoms with Crippen LogP contribution in [0.1, 0.15) is 18.9 Å². The topological polar surface area (TPSA) is 34.1 Å². The summed E-state index contributed by atoms with van der Waals surface area (Å²) in [5.74, 6) is 0. The molecule has 0 N–H and O–H groups in total. The Hall–Kier alpha value is -0.830. The molecule has 0 saturated carbocycles. The molecule has 0 spiro atoms. The van der Waals surface area contributed by atoms with E-state index in [0.717, 1.165) is 18.4 Å². The fourth-order valence-corrected chi connectivity index (χ4v) is 1.59. The number of rotatable bonds is 3. The molecule has 0 fully saturated rings. The summed E-state index contributed by atoms with van der Waals surface area (Å²) < 4.78 is 21.2. The van der Waals surface area contributed by atoms with Crippen LogP contribution in [-0.2, 0) is 17.1 Å². The van der Waals surface area contributed by atoms with Crippen LogP contribution in [0.2, 0.25) is 0 Å². The lowest BCUT2D eigenvalue weighted by atomic mass is 10.1. The van der Waals surface area contributed by atoms with E-state index in [0.29, 0.717) is 4.90 Å². The van der Waals surface area contributed by atoms with E-state index in [9.17, 15) is 8.42 Å². The Morgan fingerprint density at radius 1 is 1.33 bits per heavy atom. The van der Waals surface area contributed by atoms with E-state index in [1.54, 1.807) is 18.2 Å². The fraction of sp³-hybridized carbons (Fsp3) is 0.333. The fourth-order valence-electron chi connectivity index (χ4n) is 1.11. The summed E-state index contributed by atoms with van der Waals surface area (Å²) >= 11 is 0. The lowest BCUT2D eigenvalue weighted by molar-refractivity contribution is 0.614. The van der Waals surface area contributed by atoms with Gasteiger partial charge in [0.25, 0.3) is 0 Å². The van der Waals surface area contributed by atoms with Gasteiger partial charge in [0.15, 0.2) is 10.7 Å². The highest BCUT2D eigenvalue weighted by atomic mass is 32.2. The van der Waals surface area contributed by atoms with Crippen molar-refractivity contribution in [3.05, 3.63) is 29.8 Å². The van der Waals surface area contributed by atoms with Crippen LogP contribution < -0.4 is 0 Å². The maximum absolute atomic E-state index is 10.6. The van der Waals surface area contributed by atoms with Crippen molar-refractivity contribution in [3.8, 4) is 0 Å². The van der Waals surface area contributed by atoms with E-state index in [1.807, 2.05) is 6.07 Å². The molecule has 2 nitrogen and oxygen atoms in total. The summed E-state index contributed by atoms with van der Waals surface area (Å²) in [5.41, 5.74) is 1.09. The average Bonchev–Trinajstić information content (AvgIpc) is 2.05. The second-order valence-corrected chi connectivity index (χ2v) is 3.71. The predicted molar refractivity (Wildman–Crippen MR) is 49.0 cm³/mol. The molecule has 3 heteroatoms. The number of benzene rings is 1. The van der Waals surface area contributed by atoms with Crippen molar-refractivity contribution in [3.63, 3.8) is 0 Å². The van der Waals surface area contributed by atoms with Gasteiger partial charge >= 0.3 is 0 Å². The highest BCUT2D eigenvalue weighted by Crippen LogP contribution is 2.08. The molecule has 66 valence electrons. The number of hydrogen-bond donors (Lipinski definition) is 1. The first-order chi connectivity index (χ1) is 5.74. The molecule has 1 aromatic rings. The maximum Gasteiger partial charge on any atom is 0.168 e. The van der Waals surface area contributed by atoms with Gasteiger partial charge in [0.1, 0.15) is 0 Å². The molecule has 0 amide bonds. The van der Waals surface area contributed by atoms with Gasteiger partial charge in [0, 0.05) is 0 Å². The summed E-state index contributed by atoms with van der Waals surface area (Å²) in [6, 6.07) is 7.08. The second-order valence-electron chi connectivity index (χ2n) is 2.68. The Balaban J connectivity index is 2.95.